The van der Waals surface area contributed by atoms with Gasteiger partial charge in [0.25, 0.3) is 5.91 Å². The molecule has 2 N–H and O–H groups in total. The quantitative estimate of drug-likeness (QED) is 0.719. The largest absolute Gasteiger partial charge is 0.497 e. The number of hydrogen-bond donors (Lipinski definition) is 2. The average Bonchev–Trinajstić information content (AvgIpc) is 3.38. The Morgan fingerprint density at radius 1 is 1.14 bits per heavy atom. The zero-order chi connectivity index (χ0) is 19.8. The molecule has 29 heavy (non-hydrogen) atoms. The van der Waals surface area contributed by atoms with Gasteiger partial charge in [0, 0.05) is 23.9 Å². The summed E-state index contributed by atoms with van der Waals surface area (Å²) in [5.41, 5.74) is 4.80. The van der Waals surface area contributed by atoms with Crippen molar-refractivity contribution in [3.63, 3.8) is 0 Å². The number of ether oxygens (including phenoxy) is 1. The average molecular weight is 388 g/mol. The lowest BCUT2D eigenvalue weighted by Gasteiger charge is -2.42. The van der Waals surface area contributed by atoms with Crippen molar-refractivity contribution in [2.24, 2.45) is 0 Å². The van der Waals surface area contributed by atoms with Crippen LogP contribution in [0.1, 0.15) is 34.3 Å². The maximum Gasteiger partial charge on any atom is 0.255 e. The highest BCUT2D eigenvalue weighted by Gasteiger charge is 2.49. The lowest BCUT2D eigenvalue weighted by atomic mass is 9.80. The third kappa shape index (κ3) is 2.91. The molecule has 3 aromatic rings. The van der Waals surface area contributed by atoms with Crippen molar-refractivity contribution in [1.29, 1.82) is 0 Å². The van der Waals surface area contributed by atoms with Crippen molar-refractivity contribution < 1.29 is 9.53 Å². The van der Waals surface area contributed by atoms with E-state index in [-0.39, 0.29) is 11.4 Å². The summed E-state index contributed by atoms with van der Waals surface area (Å²) in [5, 5.41) is 10.3. The molecule has 1 aromatic heterocycles. The first kappa shape index (κ1) is 17.9. The molecule has 0 radical (unpaired) electrons. The van der Waals surface area contributed by atoms with Crippen molar-refractivity contribution in [2.45, 2.75) is 24.9 Å². The predicted octanol–water partition coefficient (Wildman–Crippen LogP) is 3.32. The number of rotatable bonds is 4. The summed E-state index contributed by atoms with van der Waals surface area (Å²) in [6, 6.07) is 14.3. The predicted molar refractivity (Wildman–Crippen MR) is 111 cm³/mol. The topological polar surface area (TPSA) is 70.2 Å². The van der Waals surface area contributed by atoms with Gasteiger partial charge < -0.3 is 15.0 Å². The van der Waals surface area contributed by atoms with E-state index in [1.54, 1.807) is 13.3 Å². The van der Waals surface area contributed by atoms with Crippen LogP contribution in [-0.4, -0.2) is 41.2 Å². The Morgan fingerprint density at radius 2 is 2.00 bits per heavy atom. The SMILES string of the molecule is COc1cccc(CN2C(=O)c3cc(-c4cn[nH]c4)ccc3C23CCNCC3)c1. The molecule has 1 amide bonds. The lowest BCUT2D eigenvalue weighted by Crippen LogP contribution is -2.49. The van der Waals surface area contributed by atoms with E-state index in [1.165, 1.54) is 0 Å². The molecule has 0 unspecified atom stereocenters. The van der Waals surface area contributed by atoms with Gasteiger partial charge in [0.1, 0.15) is 5.75 Å². The summed E-state index contributed by atoms with van der Waals surface area (Å²) >= 11 is 0. The number of carbonyl (C=O) groups is 1. The van der Waals surface area contributed by atoms with E-state index in [2.05, 4.69) is 38.6 Å². The number of carbonyl (C=O) groups excluding carboxylic acids is 1. The van der Waals surface area contributed by atoms with Gasteiger partial charge in [-0.2, -0.15) is 5.10 Å². The van der Waals surface area contributed by atoms with E-state index in [4.69, 9.17) is 4.74 Å². The maximum absolute atomic E-state index is 13.6. The number of H-pyrrole nitrogens is 1. The van der Waals surface area contributed by atoms with Crippen LogP contribution in [0.5, 0.6) is 5.75 Å². The minimum absolute atomic E-state index is 0.107. The van der Waals surface area contributed by atoms with Crippen molar-refractivity contribution in [3.8, 4) is 16.9 Å². The number of aromatic amines is 1. The molecule has 0 saturated carbocycles. The minimum atomic E-state index is -0.254. The molecule has 0 atom stereocenters. The van der Waals surface area contributed by atoms with Gasteiger partial charge in [-0.1, -0.05) is 24.3 Å². The van der Waals surface area contributed by atoms with Gasteiger partial charge in [0.05, 0.1) is 18.8 Å². The number of piperidine rings is 1. The molecule has 2 aliphatic heterocycles. The van der Waals surface area contributed by atoms with Crippen LogP contribution in [-0.2, 0) is 12.1 Å². The molecule has 3 heterocycles. The van der Waals surface area contributed by atoms with Gasteiger partial charge in [-0.05, 0) is 60.8 Å². The molecule has 1 saturated heterocycles. The molecule has 1 fully saturated rings. The maximum atomic E-state index is 13.6. The summed E-state index contributed by atoms with van der Waals surface area (Å²) in [6.07, 6.45) is 5.48. The van der Waals surface area contributed by atoms with Crippen LogP contribution < -0.4 is 10.1 Å². The second kappa shape index (κ2) is 7.04. The van der Waals surface area contributed by atoms with Crippen LogP contribution in [0.15, 0.2) is 54.9 Å². The van der Waals surface area contributed by atoms with Crippen LogP contribution in [0.25, 0.3) is 11.1 Å². The van der Waals surface area contributed by atoms with Crippen molar-refractivity contribution in [1.82, 2.24) is 20.4 Å². The highest BCUT2D eigenvalue weighted by atomic mass is 16.5. The van der Waals surface area contributed by atoms with E-state index in [1.807, 2.05) is 30.5 Å². The second-order valence-corrected chi connectivity index (χ2v) is 7.77. The van der Waals surface area contributed by atoms with Gasteiger partial charge in [-0.15, -0.1) is 0 Å². The number of hydrogen-bond acceptors (Lipinski definition) is 4. The van der Waals surface area contributed by atoms with E-state index in [9.17, 15) is 4.79 Å². The molecule has 5 rings (SSSR count). The molecular weight excluding hydrogens is 364 g/mol. The standard InChI is InChI=1S/C23H24N4O2/c1-29-19-4-2-3-16(11-19)15-27-22(28)20-12-17(18-13-25-26-14-18)5-6-21(20)23(27)7-9-24-10-8-23/h2-6,11-14,24H,7-10,15H2,1H3,(H,25,26). The van der Waals surface area contributed by atoms with Crippen LogP contribution >= 0.6 is 0 Å². The van der Waals surface area contributed by atoms with Gasteiger partial charge in [0.15, 0.2) is 0 Å². The smallest absolute Gasteiger partial charge is 0.255 e. The van der Waals surface area contributed by atoms with Gasteiger partial charge >= 0.3 is 0 Å². The van der Waals surface area contributed by atoms with Crippen LogP contribution in [0.4, 0.5) is 0 Å². The van der Waals surface area contributed by atoms with Crippen molar-refractivity contribution in [3.05, 3.63) is 71.5 Å². The normalized spacial score (nSPS) is 17.6. The number of benzene rings is 2. The van der Waals surface area contributed by atoms with Crippen molar-refractivity contribution in [2.75, 3.05) is 20.2 Å². The summed E-state index contributed by atoms with van der Waals surface area (Å²) in [4.78, 5) is 15.7. The Labute approximate surface area is 169 Å². The Hall–Kier alpha value is -3.12. The zero-order valence-corrected chi connectivity index (χ0v) is 16.4. The lowest BCUT2D eigenvalue weighted by molar-refractivity contribution is 0.0412. The molecule has 1 spiro atoms. The summed E-state index contributed by atoms with van der Waals surface area (Å²) < 4.78 is 5.38. The number of aromatic nitrogens is 2. The number of amides is 1. The van der Waals surface area contributed by atoms with E-state index in [0.717, 1.165) is 59.5 Å². The van der Waals surface area contributed by atoms with Gasteiger partial charge in [-0.3, -0.25) is 9.89 Å². The number of nitrogens with one attached hydrogen (secondary N) is 2. The third-order valence-corrected chi connectivity index (χ3v) is 6.25. The fourth-order valence-corrected chi connectivity index (χ4v) is 4.76. The minimum Gasteiger partial charge on any atom is -0.497 e. The van der Waals surface area contributed by atoms with Gasteiger partial charge in [0.2, 0.25) is 0 Å². The first-order valence-corrected chi connectivity index (χ1v) is 10.0. The first-order chi connectivity index (χ1) is 14.2. The monoisotopic (exact) mass is 388 g/mol. The number of methoxy groups -OCH3 is 1. The molecule has 6 nitrogen and oxygen atoms in total. The third-order valence-electron chi connectivity index (χ3n) is 6.25. The van der Waals surface area contributed by atoms with E-state index in [0.29, 0.717) is 6.54 Å². The fraction of sp³-hybridized carbons (Fsp3) is 0.304. The number of fused-ring (bicyclic) bond motifs is 2. The molecule has 2 aromatic carbocycles. The van der Waals surface area contributed by atoms with E-state index >= 15 is 0 Å². The van der Waals surface area contributed by atoms with Crippen LogP contribution in [0.2, 0.25) is 0 Å². The Bertz CT molecular complexity index is 1040. The first-order valence-electron chi connectivity index (χ1n) is 10.0. The fourth-order valence-electron chi connectivity index (χ4n) is 4.76. The summed E-state index contributed by atoms with van der Waals surface area (Å²) in [7, 11) is 1.67. The summed E-state index contributed by atoms with van der Waals surface area (Å²) in [6.45, 7) is 2.39. The van der Waals surface area contributed by atoms with Crippen molar-refractivity contribution >= 4 is 5.91 Å². The molecule has 148 valence electrons. The molecule has 6 heteroatoms. The zero-order valence-electron chi connectivity index (χ0n) is 16.4. The highest BCUT2D eigenvalue weighted by Crippen LogP contribution is 2.47. The second-order valence-electron chi connectivity index (χ2n) is 7.77. The summed E-state index contributed by atoms with van der Waals surface area (Å²) in [5.74, 6) is 0.920. The molecular formula is C23H24N4O2. The van der Waals surface area contributed by atoms with Crippen LogP contribution in [0, 0.1) is 0 Å². The number of nitrogens with zero attached hydrogens (tertiary/aromatic N) is 2. The van der Waals surface area contributed by atoms with Crippen LogP contribution in [0.3, 0.4) is 0 Å². The van der Waals surface area contributed by atoms with Gasteiger partial charge in [-0.25, -0.2) is 0 Å². The Balaban J connectivity index is 1.57. The molecule has 0 aliphatic carbocycles. The Kier molecular flexibility index (Phi) is 4.36. The molecule has 2 aliphatic rings. The molecule has 0 bridgehead atoms. The highest BCUT2D eigenvalue weighted by molar-refractivity contribution is 6.01. The Morgan fingerprint density at radius 3 is 2.76 bits per heavy atom. The van der Waals surface area contributed by atoms with E-state index < -0.39 is 0 Å².